The van der Waals surface area contributed by atoms with Crippen molar-refractivity contribution in [1.82, 2.24) is 14.7 Å². The summed E-state index contributed by atoms with van der Waals surface area (Å²) in [5.41, 5.74) is 1.18. The maximum absolute atomic E-state index is 12.3. The summed E-state index contributed by atoms with van der Waals surface area (Å²) in [5.74, 6) is -1.17. The van der Waals surface area contributed by atoms with Crippen LogP contribution in [0.3, 0.4) is 0 Å². The van der Waals surface area contributed by atoms with E-state index in [0.717, 1.165) is 12.8 Å². The van der Waals surface area contributed by atoms with Crippen LogP contribution in [0.1, 0.15) is 45.6 Å². The zero-order chi connectivity index (χ0) is 15.7. The van der Waals surface area contributed by atoms with Crippen molar-refractivity contribution < 1.29 is 19.1 Å². The van der Waals surface area contributed by atoms with Crippen LogP contribution in [0.5, 0.6) is 0 Å². The van der Waals surface area contributed by atoms with Crippen LogP contribution in [0, 0.1) is 0 Å². The van der Waals surface area contributed by atoms with Gasteiger partial charge in [-0.05, 0) is 31.0 Å². The van der Waals surface area contributed by atoms with Gasteiger partial charge < -0.3 is 14.4 Å². The lowest BCUT2D eigenvalue weighted by molar-refractivity contribution is 0.0638. The predicted molar refractivity (Wildman–Crippen MR) is 76.8 cm³/mol. The summed E-state index contributed by atoms with van der Waals surface area (Å²) in [6.45, 7) is 1.25. The fourth-order valence-electron chi connectivity index (χ4n) is 2.89. The smallest absolute Gasteiger partial charge is 0.371 e. The molecular formula is C15H17N3O4. The number of carboxylic acids is 1. The number of carboxylic acid groups (broad SMARTS) is 1. The molecule has 7 nitrogen and oxygen atoms in total. The number of likely N-dealkylation sites (tertiary alicyclic amines) is 1. The molecule has 1 saturated heterocycles. The molecule has 3 rings (SSSR count). The zero-order valence-electron chi connectivity index (χ0n) is 12.2. The lowest BCUT2D eigenvalue weighted by Crippen LogP contribution is -2.38. The molecule has 2 aromatic rings. The lowest BCUT2D eigenvalue weighted by Gasteiger charge is -2.31. The van der Waals surface area contributed by atoms with Gasteiger partial charge in [0, 0.05) is 37.9 Å². The Labute approximate surface area is 127 Å². The van der Waals surface area contributed by atoms with Gasteiger partial charge in [0.25, 0.3) is 5.91 Å². The van der Waals surface area contributed by atoms with E-state index in [0.29, 0.717) is 19.0 Å². The van der Waals surface area contributed by atoms with Crippen molar-refractivity contribution in [3.63, 3.8) is 0 Å². The largest absolute Gasteiger partial charge is 0.475 e. The zero-order valence-corrected chi connectivity index (χ0v) is 12.2. The molecule has 1 fully saturated rings. The second-order valence-electron chi connectivity index (χ2n) is 5.42. The Bertz CT molecular complexity index is 695. The summed E-state index contributed by atoms with van der Waals surface area (Å²) >= 11 is 0. The number of aryl methyl sites for hydroxylation is 1. The summed E-state index contributed by atoms with van der Waals surface area (Å²) in [5, 5.41) is 13.0. The third-order valence-electron chi connectivity index (χ3n) is 4.09. The van der Waals surface area contributed by atoms with Gasteiger partial charge in [-0.2, -0.15) is 5.10 Å². The Morgan fingerprint density at radius 2 is 1.91 bits per heavy atom. The topological polar surface area (TPSA) is 88.6 Å². The molecule has 0 aromatic carbocycles. The summed E-state index contributed by atoms with van der Waals surface area (Å²) in [6, 6.07) is 4.73. The SMILES string of the molecule is Cn1nccc1C1CCN(C(=O)c2ccc(C(=O)O)o2)CC1. The lowest BCUT2D eigenvalue weighted by atomic mass is 9.93. The van der Waals surface area contributed by atoms with Crippen LogP contribution in [0.4, 0.5) is 0 Å². The number of piperidine rings is 1. The monoisotopic (exact) mass is 303 g/mol. The van der Waals surface area contributed by atoms with Gasteiger partial charge in [-0.1, -0.05) is 0 Å². The number of aromatic carboxylic acids is 1. The van der Waals surface area contributed by atoms with E-state index >= 15 is 0 Å². The Morgan fingerprint density at radius 1 is 1.23 bits per heavy atom. The third kappa shape index (κ3) is 2.61. The van der Waals surface area contributed by atoms with E-state index in [1.807, 2.05) is 17.8 Å². The first kappa shape index (κ1) is 14.4. The molecule has 3 heterocycles. The van der Waals surface area contributed by atoms with Crippen LogP contribution in [-0.4, -0.2) is 44.8 Å². The first-order valence-electron chi connectivity index (χ1n) is 7.16. The third-order valence-corrected chi connectivity index (χ3v) is 4.09. The van der Waals surface area contributed by atoms with Crippen LogP contribution >= 0.6 is 0 Å². The maximum atomic E-state index is 12.3. The summed E-state index contributed by atoms with van der Waals surface area (Å²) in [7, 11) is 1.92. The van der Waals surface area contributed by atoms with Crippen molar-refractivity contribution in [3.8, 4) is 0 Å². The highest BCUT2D eigenvalue weighted by Crippen LogP contribution is 2.28. The van der Waals surface area contributed by atoms with Crippen LogP contribution in [0.2, 0.25) is 0 Å². The van der Waals surface area contributed by atoms with E-state index in [4.69, 9.17) is 9.52 Å². The molecule has 1 aliphatic rings. The highest BCUT2D eigenvalue weighted by Gasteiger charge is 2.27. The molecule has 7 heteroatoms. The summed E-state index contributed by atoms with van der Waals surface area (Å²) < 4.78 is 6.94. The first-order valence-corrected chi connectivity index (χ1v) is 7.16. The van der Waals surface area contributed by atoms with E-state index in [-0.39, 0.29) is 17.4 Å². The normalized spacial score (nSPS) is 16.0. The molecule has 116 valence electrons. The van der Waals surface area contributed by atoms with Crippen LogP contribution in [0.15, 0.2) is 28.8 Å². The van der Waals surface area contributed by atoms with Crippen molar-refractivity contribution >= 4 is 11.9 Å². The van der Waals surface area contributed by atoms with Gasteiger partial charge >= 0.3 is 5.97 Å². The molecule has 22 heavy (non-hydrogen) atoms. The van der Waals surface area contributed by atoms with Crippen molar-refractivity contribution in [3.05, 3.63) is 41.6 Å². The summed E-state index contributed by atoms with van der Waals surface area (Å²) in [6.07, 6.45) is 3.50. The maximum Gasteiger partial charge on any atom is 0.371 e. The number of carbonyl (C=O) groups is 2. The van der Waals surface area contributed by atoms with Gasteiger partial charge in [0.15, 0.2) is 5.76 Å². The Morgan fingerprint density at radius 3 is 2.45 bits per heavy atom. The standard InChI is InChI=1S/C15H17N3O4/c1-17-11(4-7-16-17)10-5-8-18(9-6-10)14(19)12-2-3-13(22-12)15(20)21/h2-4,7,10H,5-6,8-9H2,1H3,(H,20,21). The molecule has 0 aliphatic carbocycles. The molecule has 0 atom stereocenters. The number of hydrogen-bond donors (Lipinski definition) is 1. The number of aromatic nitrogens is 2. The minimum Gasteiger partial charge on any atom is -0.475 e. The average molecular weight is 303 g/mol. The first-order chi connectivity index (χ1) is 10.6. The second kappa shape index (κ2) is 5.67. The Hall–Kier alpha value is -2.57. The average Bonchev–Trinajstić information content (AvgIpc) is 3.15. The van der Waals surface area contributed by atoms with Gasteiger partial charge in [0.05, 0.1) is 0 Å². The predicted octanol–water partition coefficient (Wildman–Crippen LogP) is 1.73. The highest BCUT2D eigenvalue weighted by atomic mass is 16.4. The van der Waals surface area contributed by atoms with E-state index in [9.17, 15) is 9.59 Å². The fraction of sp³-hybridized carbons (Fsp3) is 0.400. The number of amides is 1. The Balaban J connectivity index is 1.64. The molecule has 0 radical (unpaired) electrons. The molecular weight excluding hydrogens is 286 g/mol. The van der Waals surface area contributed by atoms with Crippen molar-refractivity contribution in [1.29, 1.82) is 0 Å². The number of hydrogen-bond acceptors (Lipinski definition) is 4. The van der Waals surface area contributed by atoms with Gasteiger partial charge in [-0.25, -0.2) is 4.79 Å². The highest BCUT2D eigenvalue weighted by molar-refractivity contribution is 5.93. The Kier molecular flexibility index (Phi) is 3.70. The van der Waals surface area contributed by atoms with E-state index in [1.165, 1.54) is 17.8 Å². The van der Waals surface area contributed by atoms with E-state index < -0.39 is 5.97 Å². The molecule has 0 spiro atoms. The van der Waals surface area contributed by atoms with Gasteiger partial charge in [0.1, 0.15) is 0 Å². The van der Waals surface area contributed by atoms with E-state index in [1.54, 1.807) is 11.1 Å². The van der Waals surface area contributed by atoms with Crippen molar-refractivity contribution in [2.75, 3.05) is 13.1 Å². The fourth-order valence-corrected chi connectivity index (χ4v) is 2.89. The van der Waals surface area contributed by atoms with Crippen molar-refractivity contribution in [2.45, 2.75) is 18.8 Å². The minimum atomic E-state index is -1.17. The molecule has 2 aromatic heterocycles. The molecule has 0 bridgehead atoms. The van der Waals surface area contributed by atoms with Crippen LogP contribution in [0.25, 0.3) is 0 Å². The molecule has 0 saturated carbocycles. The second-order valence-corrected chi connectivity index (χ2v) is 5.42. The molecule has 1 amide bonds. The number of rotatable bonds is 3. The molecule has 1 N–H and O–H groups in total. The minimum absolute atomic E-state index is 0.0800. The van der Waals surface area contributed by atoms with Crippen LogP contribution in [-0.2, 0) is 7.05 Å². The summed E-state index contributed by atoms with van der Waals surface area (Å²) in [4.78, 5) is 24.8. The van der Waals surface area contributed by atoms with E-state index in [2.05, 4.69) is 5.10 Å². The van der Waals surface area contributed by atoms with Gasteiger partial charge in [-0.3, -0.25) is 9.48 Å². The van der Waals surface area contributed by atoms with Gasteiger partial charge in [0.2, 0.25) is 5.76 Å². The van der Waals surface area contributed by atoms with Crippen LogP contribution < -0.4 is 0 Å². The van der Waals surface area contributed by atoms with Crippen molar-refractivity contribution in [2.24, 2.45) is 7.05 Å². The molecule has 0 unspecified atom stereocenters. The number of carbonyl (C=O) groups excluding carboxylic acids is 1. The van der Waals surface area contributed by atoms with Gasteiger partial charge in [-0.15, -0.1) is 0 Å². The number of nitrogens with zero attached hydrogens (tertiary/aromatic N) is 3. The quantitative estimate of drug-likeness (QED) is 0.933. The molecule has 1 aliphatic heterocycles. The number of furan rings is 1.